The highest BCUT2D eigenvalue weighted by atomic mass is 16.1. The van der Waals surface area contributed by atoms with Crippen LogP contribution in [0.2, 0.25) is 0 Å². The summed E-state index contributed by atoms with van der Waals surface area (Å²) in [5.74, 6) is 5.41. The Morgan fingerprint density at radius 2 is 2.26 bits per heavy atom. The van der Waals surface area contributed by atoms with Crippen LogP contribution in [0.3, 0.4) is 0 Å². The summed E-state index contributed by atoms with van der Waals surface area (Å²) < 4.78 is 0. The molecular formula is C12H20N6O. The van der Waals surface area contributed by atoms with Crippen LogP contribution in [-0.4, -0.2) is 46.7 Å². The molecule has 0 aliphatic heterocycles. The van der Waals surface area contributed by atoms with Crippen LogP contribution in [0, 0.1) is 0 Å². The zero-order valence-corrected chi connectivity index (χ0v) is 11.1. The number of hydrogen-bond acceptors (Lipinski definition) is 6. The zero-order chi connectivity index (χ0) is 13.7. The van der Waals surface area contributed by atoms with E-state index >= 15 is 0 Å². The van der Waals surface area contributed by atoms with Crippen LogP contribution < -0.4 is 16.6 Å². The molecule has 0 radical (unpaired) electrons. The van der Waals surface area contributed by atoms with Crippen LogP contribution in [0.4, 0.5) is 5.82 Å². The van der Waals surface area contributed by atoms with Crippen LogP contribution in [0.1, 0.15) is 30.3 Å². The van der Waals surface area contributed by atoms with E-state index in [1.807, 2.05) is 0 Å². The van der Waals surface area contributed by atoms with E-state index in [0.717, 1.165) is 19.1 Å². The third-order valence-corrected chi connectivity index (χ3v) is 3.20. The van der Waals surface area contributed by atoms with Crippen molar-refractivity contribution in [1.82, 2.24) is 20.4 Å². The largest absolute Gasteiger partial charge is 0.349 e. The van der Waals surface area contributed by atoms with Crippen molar-refractivity contribution < 1.29 is 4.79 Å². The summed E-state index contributed by atoms with van der Waals surface area (Å²) in [4.78, 5) is 14.2. The molecule has 1 aromatic rings. The second-order valence-electron chi connectivity index (χ2n) is 4.56. The van der Waals surface area contributed by atoms with Gasteiger partial charge in [-0.2, -0.15) is 0 Å². The maximum absolute atomic E-state index is 11.8. The van der Waals surface area contributed by atoms with Gasteiger partial charge in [0.25, 0.3) is 5.91 Å². The van der Waals surface area contributed by atoms with Gasteiger partial charge in [0.05, 0.1) is 0 Å². The number of carbonyl (C=O) groups excluding carboxylic acids is 1. The number of amides is 1. The summed E-state index contributed by atoms with van der Waals surface area (Å²) in [6.07, 6.45) is 2.56. The molecule has 1 aliphatic carbocycles. The quantitative estimate of drug-likeness (QED) is 0.473. The lowest BCUT2D eigenvalue weighted by atomic mass is 10.3. The molecule has 1 aliphatic rings. The first-order valence-corrected chi connectivity index (χ1v) is 6.57. The van der Waals surface area contributed by atoms with Crippen molar-refractivity contribution in [1.29, 1.82) is 0 Å². The van der Waals surface area contributed by atoms with Gasteiger partial charge >= 0.3 is 0 Å². The van der Waals surface area contributed by atoms with Crippen molar-refractivity contribution in [3.8, 4) is 0 Å². The van der Waals surface area contributed by atoms with Crippen LogP contribution in [-0.2, 0) is 0 Å². The molecule has 0 bridgehead atoms. The molecule has 0 atom stereocenters. The van der Waals surface area contributed by atoms with Gasteiger partial charge in [0.2, 0.25) is 0 Å². The molecular weight excluding hydrogens is 244 g/mol. The van der Waals surface area contributed by atoms with Gasteiger partial charge in [0.1, 0.15) is 0 Å². The highest BCUT2D eigenvalue weighted by molar-refractivity contribution is 5.92. The number of hydrazine groups is 1. The van der Waals surface area contributed by atoms with Gasteiger partial charge in [-0.3, -0.25) is 9.69 Å². The highest BCUT2D eigenvalue weighted by Gasteiger charge is 2.27. The number of nitrogens with one attached hydrogen (secondary N) is 2. The predicted molar refractivity (Wildman–Crippen MR) is 72.4 cm³/mol. The number of carbonyl (C=O) groups is 1. The Balaban J connectivity index is 1.76. The Kier molecular flexibility index (Phi) is 4.64. The molecule has 0 unspecified atom stereocenters. The third kappa shape index (κ3) is 3.87. The highest BCUT2D eigenvalue weighted by Crippen LogP contribution is 2.25. The molecule has 0 saturated heterocycles. The molecule has 7 heteroatoms. The molecule has 7 nitrogen and oxygen atoms in total. The molecule has 0 aromatic carbocycles. The fourth-order valence-electron chi connectivity index (χ4n) is 1.97. The van der Waals surface area contributed by atoms with Gasteiger partial charge in [-0.15, -0.1) is 10.2 Å². The Bertz CT molecular complexity index is 417. The number of hydrogen-bond donors (Lipinski definition) is 3. The maximum Gasteiger partial charge on any atom is 0.271 e. The third-order valence-electron chi connectivity index (χ3n) is 3.20. The van der Waals surface area contributed by atoms with Crippen LogP contribution in [0.15, 0.2) is 12.1 Å². The van der Waals surface area contributed by atoms with Gasteiger partial charge in [0.15, 0.2) is 11.5 Å². The average molecular weight is 264 g/mol. The average Bonchev–Trinajstić information content (AvgIpc) is 3.28. The second kappa shape index (κ2) is 6.44. The molecule has 1 amide bonds. The summed E-state index contributed by atoms with van der Waals surface area (Å²) in [5, 5.41) is 10.4. The fourth-order valence-corrected chi connectivity index (χ4v) is 1.97. The minimum atomic E-state index is -0.206. The Morgan fingerprint density at radius 1 is 1.47 bits per heavy atom. The van der Waals surface area contributed by atoms with E-state index in [2.05, 4.69) is 32.8 Å². The van der Waals surface area contributed by atoms with Gasteiger partial charge < -0.3 is 10.7 Å². The number of aromatic nitrogens is 2. The number of likely N-dealkylation sites (N-methyl/N-ethyl adjacent to an activating group) is 1. The van der Waals surface area contributed by atoms with Crippen LogP contribution in [0.5, 0.6) is 0 Å². The van der Waals surface area contributed by atoms with Gasteiger partial charge in [-0.25, -0.2) is 5.84 Å². The number of anilines is 1. The molecule has 1 heterocycles. The van der Waals surface area contributed by atoms with Crippen molar-refractivity contribution in [2.24, 2.45) is 5.84 Å². The van der Waals surface area contributed by atoms with Crippen molar-refractivity contribution in [3.05, 3.63) is 17.8 Å². The number of nitrogen functional groups attached to an aromatic ring is 1. The lowest BCUT2D eigenvalue weighted by molar-refractivity contribution is 0.0942. The predicted octanol–water partition coefficient (Wildman–Crippen LogP) is -0.0237. The first kappa shape index (κ1) is 13.7. The SMILES string of the molecule is CCN(CCNC(=O)c1ccc(NN)nn1)C1CC1. The van der Waals surface area contributed by atoms with Gasteiger partial charge in [0, 0.05) is 19.1 Å². The van der Waals surface area contributed by atoms with Crippen LogP contribution in [0.25, 0.3) is 0 Å². The first-order chi connectivity index (χ1) is 9.24. The summed E-state index contributed by atoms with van der Waals surface area (Å²) in [7, 11) is 0. The van der Waals surface area contributed by atoms with E-state index in [1.54, 1.807) is 12.1 Å². The molecule has 4 N–H and O–H groups in total. The molecule has 2 rings (SSSR count). The monoisotopic (exact) mass is 264 g/mol. The minimum absolute atomic E-state index is 0.206. The standard InChI is InChI=1S/C12H20N6O/c1-2-18(9-3-4-9)8-7-14-12(19)10-5-6-11(15-13)17-16-10/h5-6,9H,2-4,7-8,13H2,1H3,(H,14,19)(H,15,17). The van der Waals surface area contributed by atoms with Crippen molar-refractivity contribution in [2.75, 3.05) is 25.1 Å². The Labute approximate surface area is 112 Å². The van der Waals surface area contributed by atoms with Crippen LogP contribution >= 0.6 is 0 Å². The fraction of sp³-hybridized carbons (Fsp3) is 0.583. The smallest absolute Gasteiger partial charge is 0.271 e. The van der Waals surface area contributed by atoms with E-state index in [-0.39, 0.29) is 5.91 Å². The van der Waals surface area contributed by atoms with E-state index in [9.17, 15) is 4.79 Å². The molecule has 1 fully saturated rings. The molecule has 1 aromatic heterocycles. The number of nitrogens with two attached hydrogens (primary N) is 1. The van der Waals surface area contributed by atoms with Gasteiger partial charge in [-0.05, 0) is 31.5 Å². The Morgan fingerprint density at radius 3 is 2.79 bits per heavy atom. The topological polar surface area (TPSA) is 96.2 Å². The minimum Gasteiger partial charge on any atom is -0.349 e. The number of rotatable bonds is 7. The summed E-state index contributed by atoms with van der Waals surface area (Å²) in [6.45, 7) is 4.67. The molecule has 104 valence electrons. The first-order valence-electron chi connectivity index (χ1n) is 6.57. The van der Waals surface area contributed by atoms with E-state index in [0.29, 0.717) is 18.1 Å². The zero-order valence-electron chi connectivity index (χ0n) is 11.1. The number of nitrogens with zero attached hydrogens (tertiary/aromatic N) is 3. The maximum atomic E-state index is 11.8. The van der Waals surface area contributed by atoms with E-state index in [4.69, 9.17) is 5.84 Å². The second-order valence-corrected chi connectivity index (χ2v) is 4.56. The molecule has 19 heavy (non-hydrogen) atoms. The lowest BCUT2D eigenvalue weighted by Gasteiger charge is -2.19. The Hall–Kier alpha value is -1.73. The van der Waals surface area contributed by atoms with Crippen molar-refractivity contribution in [3.63, 3.8) is 0 Å². The van der Waals surface area contributed by atoms with Crippen molar-refractivity contribution >= 4 is 11.7 Å². The van der Waals surface area contributed by atoms with Gasteiger partial charge in [-0.1, -0.05) is 6.92 Å². The summed E-state index contributed by atoms with van der Waals surface area (Å²) in [5.41, 5.74) is 2.67. The molecule has 0 spiro atoms. The molecule has 1 saturated carbocycles. The van der Waals surface area contributed by atoms with E-state index < -0.39 is 0 Å². The summed E-state index contributed by atoms with van der Waals surface area (Å²) in [6, 6.07) is 3.93. The van der Waals surface area contributed by atoms with E-state index in [1.165, 1.54) is 12.8 Å². The van der Waals surface area contributed by atoms with Crippen molar-refractivity contribution in [2.45, 2.75) is 25.8 Å². The normalized spacial score (nSPS) is 14.5. The lowest BCUT2D eigenvalue weighted by Crippen LogP contribution is -2.36. The summed E-state index contributed by atoms with van der Waals surface area (Å²) >= 11 is 0.